The highest BCUT2D eigenvalue weighted by Crippen LogP contribution is 2.33. The van der Waals surface area contributed by atoms with E-state index < -0.39 is 5.97 Å². The van der Waals surface area contributed by atoms with Crippen molar-refractivity contribution in [2.75, 3.05) is 19.7 Å². The number of hydrogen-bond donors (Lipinski definition) is 1. The molecule has 8 heteroatoms. The fraction of sp³-hybridized carbons (Fsp3) is 0.500. The first-order valence-electron chi connectivity index (χ1n) is 13.6. The molecule has 1 saturated carbocycles. The normalized spacial score (nSPS) is 17.0. The molecule has 7 nitrogen and oxygen atoms in total. The first-order chi connectivity index (χ1) is 18.3. The number of hydrogen-bond acceptors (Lipinski definition) is 5. The van der Waals surface area contributed by atoms with Crippen LogP contribution in [0.15, 0.2) is 42.5 Å². The molecule has 2 fully saturated rings. The molecule has 2 aromatic rings. The Morgan fingerprint density at radius 3 is 2.42 bits per heavy atom. The minimum Gasteiger partial charge on any atom is -0.491 e. The molecule has 1 aliphatic heterocycles. The number of likely N-dealkylation sites (tertiary alicyclic amines) is 1. The first kappa shape index (κ1) is 28.1. The van der Waals surface area contributed by atoms with Crippen molar-refractivity contribution in [1.29, 1.82) is 0 Å². The molecule has 1 atom stereocenters. The molecule has 1 heterocycles. The molecule has 204 valence electrons. The molecule has 2 aliphatic rings. The summed E-state index contributed by atoms with van der Waals surface area (Å²) in [6.07, 6.45) is 6.15. The summed E-state index contributed by atoms with van der Waals surface area (Å²) in [5, 5.41) is 10.4. The number of ether oxygens (including phenoxy) is 1. The molecule has 1 unspecified atom stereocenters. The van der Waals surface area contributed by atoms with Crippen molar-refractivity contribution in [3.8, 4) is 5.75 Å². The van der Waals surface area contributed by atoms with Crippen molar-refractivity contribution >= 4 is 29.4 Å². The van der Waals surface area contributed by atoms with E-state index >= 15 is 0 Å². The zero-order chi connectivity index (χ0) is 27.1. The molecule has 2 aromatic carbocycles. The minimum absolute atomic E-state index is 0.0180. The monoisotopic (exact) mass is 540 g/mol. The van der Waals surface area contributed by atoms with E-state index in [4.69, 9.17) is 16.3 Å². The zero-order valence-corrected chi connectivity index (χ0v) is 22.8. The summed E-state index contributed by atoms with van der Waals surface area (Å²) in [6, 6.07) is 13.4. The fourth-order valence-corrected chi connectivity index (χ4v) is 5.76. The van der Waals surface area contributed by atoms with Gasteiger partial charge in [0, 0.05) is 37.0 Å². The molecule has 0 bridgehead atoms. The van der Waals surface area contributed by atoms with E-state index in [9.17, 15) is 19.5 Å². The van der Waals surface area contributed by atoms with Gasteiger partial charge in [-0.25, -0.2) is 0 Å². The van der Waals surface area contributed by atoms with Crippen LogP contribution in [0.5, 0.6) is 5.75 Å². The number of rotatable bonds is 13. The van der Waals surface area contributed by atoms with Crippen LogP contribution in [0.4, 0.5) is 0 Å². The second-order valence-electron chi connectivity index (χ2n) is 10.3. The third kappa shape index (κ3) is 7.35. The highest BCUT2D eigenvalue weighted by atomic mass is 35.5. The van der Waals surface area contributed by atoms with E-state index in [0.29, 0.717) is 17.5 Å². The van der Waals surface area contributed by atoms with Gasteiger partial charge < -0.3 is 9.84 Å². The van der Waals surface area contributed by atoms with Gasteiger partial charge in [-0.05, 0) is 60.1 Å². The predicted octanol–water partition coefficient (Wildman–Crippen LogP) is 5.64. The minimum atomic E-state index is -0.825. The SMILES string of the molecule is CCc1cc(CN(CC2CCCC2)C(CC(=O)O)c2ccc(Cl)cc2)ccc1OCCN1C(=O)CCC1=O. The number of carboxylic acid groups (broad SMARTS) is 1. The molecule has 2 amide bonds. The summed E-state index contributed by atoms with van der Waals surface area (Å²) < 4.78 is 5.98. The molecule has 0 aromatic heterocycles. The van der Waals surface area contributed by atoms with Crippen LogP contribution >= 0.6 is 11.6 Å². The van der Waals surface area contributed by atoms with Crippen LogP contribution in [0.3, 0.4) is 0 Å². The summed E-state index contributed by atoms with van der Waals surface area (Å²) in [4.78, 5) is 39.2. The lowest BCUT2D eigenvalue weighted by Gasteiger charge is -2.33. The Hall–Kier alpha value is -2.90. The van der Waals surface area contributed by atoms with Gasteiger partial charge in [0.2, 0.25) is 11.8 Å². The summed E-state index contributed by atoms with van der Waals surface area (Å²) in [5.41, 5.74) is 3.10. The van der Waals surface area contributed by atoms with Crippen LogP contribution in [0, 0.1) is 5.92 Å². The average molecular weight is 541 g/mol. The number of imide groups is 1. The van der Waals surface area contributed by atoms with Gasteiger partial charge in [0.25, 0.3) is 0 Å². The van der Waals surface area contributed by atoms with Crippen LogP contribution in [-0.4, -0.2) is 52.4 Å². The number of carboxylic acids is 1. The van der Waals surface area contributed by atoms with Crippen LogP contribution in [0.1, 0.15) is 74.6 Å². The standard InChI is InChI=1S/C30H37ClN2O5/c1-2-23-17-22(7-12-27(23)38-16-15-33-28(34)13-14-29(33)35)20-32(19-21-5-3-4-6-21)26(18-30(36)37)24-8-10-25(31)11-9-24/h7-12,17,21,26H,2-6,13-16,18-20H2,1H3,(H,36,37). The summed E-state index contributed by atoms with van der Waals surface area (Å²) in [5.74, 6) is 0.210. The lowest BCUT2D eigenvalue weighted by atomic mass is 9.98. The van der Waals surface area contributed by atoms with Gasteiger partial charge in [0.1, 0.15) is 12.4 Å². The Morgan fingerprint density at radius 2 is 1.79 bits per heavy atom. The van der Waals surface area contributed by atoms with Crippen molar-refractivity contribution < 1.29 is 24.2 Å². The second-order valence-corrected chi connectivity index (χ2v) is 10.8. The van der Waals surface area contributed by atoms with Gasteiger partial charge >= 0.3 is 5.97 Å². The van der Waals surface area contributed by atoms with Crippen LogP contribution in [0.25, 0.3) is 0 Å². The number of carbonyl (C=O) groups is 3. The maximum atomic E-state index is 11.9. The van der Waals surface area contributed by atoms with Gasteiger partial charge in [-0.3, -0.25) is 24.2 Å². The first-order valence-corrected chi connectivity index (χ1v) is 14.0. The molecule has 38 heavy (non-hydrogen) atoms. The Labute approximate surface area is 229 Å². The third-order valence-corrected chi connectivity index (χ3v) is 7.90. The number of aliphatic carboxylic acids is 1. The Balaban J connectivity index is 1.51. The van der Waals surface area contributed by atoms with Gasteiger partial charge in [0.05, 0.1) is 13.0 Å². The van der Waals surface area contributed by atoms with Crippen LogP contribution < -0.4 is 4.74 Å². The van der Waals surface area contributed by atoms with Gasteiger partial charge in [-0.2, -0.15) is 0 Å². The molecule has 4 rings (SSSR count). The van der Waals surface area contributed by atoms with Crippen molar-refractivity contribution in [3.63, 3.8) is 0 Å². The van der Waals surface area contributed by atoms with E-state index in [1.807, 2.05) is 36.4 Å². The number of carbonyl (C=O) groups excluding carboxylic acids is 2. The molecular weight excluding hydrogens is 504 g/mol. The summed E-state index contributed by atoms with van der Waals surface area (Å²) in [7, 11) is 0. The number of nitrogens with zero attached hydrogens (tertiary/aromatic N) is 2. The molecule has 1 saturated heterocycles. The number of amides is 2. The fourth-order valence-electron chi connectivity index (χ4n) is 5.64. The summed E-state index contributed by atoms with van der Waals surface area (Å²) in [6.45, 7) is 4.06. The quantitative estimate of drug-likeness (QED) is 0.331. The van der Waals surface area contributed by atoms with E-state index in [2.05, 4.69) is 17.9 Å². The van der Waals surface area contributed by atoms with Gasteiger partial charge in [-0.1, -0.05) is 55.6 Å². The zero-order valence-electron chi connectivity index (χ0n) is 22.0. The van der Waals surface area contributed by atoms with Crippen molar-refractivity contribution in [2.45, 2.75) is 70.9 Å². The maximum Gasteiger partial charge on any atom is 0.305 e. The van der Waals surface area contributed by atoms with E-state index in [-0.39, 0.29) is 50.3 Å². The second kappa shape index (κ2) is 13.3. The van der Waals surface area contributed by atoms with E-state index in [0.717, 1.165) is 35.4 Å². The Morgan fingerprint density at radius 1 is 1.11 bits per heavy atom. The average Bonchev–Trinajstić information content (AvgIpc) is 3.53. The predicted molar refractivity (Wildman–Crippen MR) is 146 cm³/mol. The number of benzene rings is 2. The van der Waals surface area contributed by atoms with Gasteiger partial charge in [0.15, 0.2) is 0 Å². The van der Waals surface area contributed by atoms with Crippen LogP contribution in [-0.2, 0) is 27.3 Å². The number of aryl methyl sites for hydroxylation is 1. The lowest BCUT2D eigenvalue weighted by Crippen LogP contribution is -2.34. The Bertz CT molecular complexity index is 1110. The summed E-state index contributed by atoms with van der Waals surface area (Å²) >= 11 is 6.13. The van der Waals surface area contributed by atoms with Crippen LogP contribution in [0.2, 0.25) is 5.02 Å². The third-order valence-electron chi connectivity index (χ3n) is 7.65. The van der Waals surface area contributed by atoms with E-state index in [1.54, 1.807) is 0 Å². The van der Waals surface area contributed by atoms with Gasteiger partial charge in [-0.15, -0.1) is 0 Å². The molecular formula is C30H37ClN2O5. The molecule has 1 N–H and O–H groups in total. The molecule has 0 radical (unpaired) electrons. The largest absolute Gasteiger partial charge is 0.491 e. The van der Waals surface area contributed by atoms with Crippen molar-refractivity contribution in [1.82, 2.24) is 9.80 Å². The van der Waals surface area contributed by atoms with Crippen molar-refractivity contribution in [3.05, 3.63) is 64.2 Å². The van der Waals surface area contributed by atoms with E-state index in [1.165, 1.54) is 30.6 Å². The highest BCUT2D eigenvalue weighted by molar-refractivity contribution is 6.30. The number of halogens is 1. The Kier molecular flexibility index (Phi) is 9.80. The molecule has 0 spiro atoms. The lowest BCUT2D eigenvalue weighted by molar-refractivity contribution is -0.140. The maximum absolute atomic E-state index is 11.9. The smallest absolute Gasteiger partial charge is 0.305 e. The topological polar surface area (TPSA) is 87.2 Å². The molecule has 1 aliphatic carbocycles. The van der Waals surface area contributed by atoms with Crippen molar-refractivity contribution in [2.24, 2.45) is 5.92 Å². The highest BCUT2D eigenvalue weighted by Gasteiger charge is 2.29.